The average molecular weight is 345 g/mol. The number of hydrogen-bond donors (Lipinski definition) is 2. The van der Waals surface area contributed by atoms with Crippen LogP contribution in [-0.2, 0) is 16.0 Å². The molecule has 4 amide bonds. The molecule has 0 aliphatic carbocycles. The highest BCUT2D eigenvalue weighted by Gasteiger charge is 2.52. The molecule has 0 spiro atoms. The number of amides is 4. The fraction of sp³-hybridized carbons (Fsp3) is 0.357. The molecule has 1 fully saturated rings. The molecule has 1 heterocycles. The molecule has 1 aliphatic rings. The maximum Gasteiger partial charge on any atom is 0.322 e. The van der Waals surface area contributed by atoms with Crippen LogP contribution in [0.4, 0.5) is 4.79 Å². The molecule has 6 nitrogen and oxygen atoms in total. The zero-order valence-electron chi connectivity index (χ0n) is 12.5. The summed E-state index contributed by atoms with van der Waals surface area (Å²) in [6.45, 7) is 0. The Morgan fingerprint density at radius 3 is 2.59 bits per heavy atom. The van der Waals surface area contributed by atoms with Gasteiger partial charge in [-0.25, -0.2) is 9.69 Å². The molecule has 0 bridgehead atoms. The van der Waals surface area contributed by atoms with E-state index in [0.717, 1.165) is 0 Å². The lowest BCUT2D eigenvalue weighted by atomic mass is 9.88. The molecule has 8 heteroatoms. The number of urea groups is 1. The molecule has 0 radical (unpaired) electrons. The molecule has 2 unspecified atom stereocenters. The van der Waals surface area contributed by atoms with Crippen LogP contribution in [0.1, 0.15) is 26.2 Å². The molecule has 1 aromatic carbocycles. The Morgan fingerprint density at radius 1 is 1.36 bits per heavy atom. The van der Waals surface area contributed by atoms with Gasteiger partial charge in [0.15, 0.2) is 0 Å². The molecule has 0 aromatic heterocycles. The number of primary amides is 2. The van der Waals surface area contributed by atoms with Gasteiger partial charge in [0, 0.05) is 17.8 Å². The minimum atomic E-state index is -1.61. The molecule has 2 atom stereocenters. The number of hydrogen-bond acceptors (Lipinski definition) is 3. The lowest BCUT2D eigenvalue weighted by molar-refractivity contribution is -0.136. The molecule has 1 saturated heterocycles. The third kappa shape index (κ3) is 2.89. The van der Waals surface area contributed by atoms with Crippen molar-refractivity contribution >= 4 is 41.0 Å². The second-order valence-corrected chi connectivity index (χ2v) is 5.88. The van der Waals surface area contributed by atoms with Gasteiger partial charge in [0.25, 0.3) is 0 Å². The van der Waals surface area contributed by atoms with Gasteiger partial charge in [0.05, 0.1) is 0 Å². The van der Waals surface area contributed by atoms with Crippen LogP contribution < -0.4 is 11.5 Å². The third-order valence-electron chi connectivity index (χ3n) is 3.73. The van der Waals surface area contributed by atoms with Crippen molar-refractivity contribution in [3.8, 4) is 0 Å². The average Bonchev–Trinajstić information content (AvgIpc) is 2.76. The predicted octanol–water partition coefficient (Wildman–Crippen LogP) is 1.85. The van der Waals surface area contributed by atoms with Crippen LogP contribution in [0.15, 0.2) is 18.2 Å². The van der Waals surface area contributed by atoms with E-state index in [4.69, 9.17) is 36.0 Å². The standard InChI is InChI=1S/C14H15Cl2N3O3/c15-9-2-1-8(10(16)7-9)3-5-14(12(17)21)6-4-11(20)19(14)13(18)22/h1-2,7H,3-6H2,(H2,17,21)(H2,18,22)/i3D. The van der Waals surface area contributed by atoms with Gasteiger partial charge in [-0.1, -0.05) is 29.3 Å². The molecule has 22 heavy (non-hydrogen) atoms. The lowest BCUT2D eigenvalue weighted by Gasteiger charge is -2.33. The normalized spacial score (nSPS) is 23.3. The first-order valence-corrected chi connectivity index (χ1v) is 7.24. The Labute approximate surface area is 138 Å². The Balaban J connectivity index is 2.38. The van der Waals surface area contributed by atoms with Crippen LogP contribution in [0.2, 0.25) is 10.0 Å². The van der Waals surface area contributed by atoms with E-state index in [1.807, 2.05) is 0 Å². The number of aryl methyl sites for hydroxylation is 1. The number of imide groups is 1. The maximum atomic E-state index is 12.0. The van der Waals surface area contributed by atoms with Crippen LogP contribution in [0, 0.1) is 0 Å². The number of benzene rings is 1. The smallest absolute Gasteiger partial charge is 0.322 e. The summed E-state index contributed by atoms with van der Waals surface area (Å²) in [7, 11) is 0. The number of rotatable bonds is 4. The monoisotopic (exact) mass is 344 g/mol. The lowest BCUT2D eigenvalue weighted by Crippen LogP contribution is -2.59. The first kappa shape index (κ1) is 15.1. The third-order valence-corrected chi connectivity index (χ3v) is 4.29. The Morgan fingerprint density at radius 2 is 2.05 bits per heavy atom. The Kier molecular flexibility index (Phi) is 4.22. The van der Waals surface area contributed by atoms with Crippen LogP contribution >= 0.6 is 23.2 Å². The molecule has 1 aromatic rings. The molecule has 118 valence electrons. The van der Waals surface area contributed by atoms with Crippen molar-refractivity contribution in [2.75, 3.05) is 0 Å². The van der Waals surface area contributed by atoms with E-state index in [-0.39, 0.29) is 24.3 Å². The van der Waals surface area contributed by atoms with Gasteiger partial charge in [-0.3, -0.25) is 9.59 Å². The number of carbonyl (C=O) groups excluding carboxylic acids is 3. The highest BCUT2D eigenvalue weighted by molar-refractivity contribution is 6.35. The summed E-state index contributed by atoms with van der Waals surface area (Å²) in [6.07, 6.45) is -1.17. The van der Waals surface area contributed by atoms with Gasteiger partial charge in [-0.05, 0) is 36.9 Å². The van der Waals surface area contributed by atoms with Crippen molar-refractivity contribution in [3.63, 3.8) is 0 Å². The van der Waals surface area contributed by atoms with Gasteiger partial charge in [0.1, 0.15) is 5.54 Å². The minimum Gasteiger partial charge on any atom is -0.368 e. The largest absolute Gasteiger partial charge is 0.368 e. The fourth-order valence-corrected chi connectivity index (χ4v) is 3.07. The maximum absolute atomic E-state index is 12.0. The molecular weight excluding hydrogens is 329 g/mol. The second-order valence-electron chi connectivity index (χ2n) is 5.04. The number of halogens is 2. The van der Waals surface area contributed by atoms with Crippen molar-refractivity contribution in [1.29, 1.82) is 0 Å². The minimum absolute atomic E-state index is 0.0324. The number of carbonyl (C=O) groups is 3. The molecule has 0 saturated carbocycles. The Hall–Kier alpha value is -1.79. The molecule has 4 N–H and O–H groups in total. The molecule has 2 rings (SSSR count). The van der Waals surface area contributed by atoms with E-state index in [9.17, 15) is 14.4 Å². The van der Waals surface area contributed by atoms with E-state index in [1.54, 1.807) is 12.1 Å². The zero-order chi connectivity index (χ0) is 17.4. The summed E-state index contributed by atoms with van der Waals surface area (Å²) in [5.74, 6) is -1.45. The topological polar surface area (TPSA) is 106 Å². The van der Waals surface area contributed by atoms with E-state index in [2.05, 4.69) is 0 Å². The summed E-state index contributed by atoms with van der Waals surface area (Å²) in [5.41, 5.74) is 9.46. The van der Waals surface area contributed by atoms with E-state index < -0.39 is 29.8 Å². The number of nitrogens with two attached hydrogens (primary N) is 2. The van der Waals surface area contributed by atoms with Gasteiger partial charge < -0.3 is 11.5 Å². The summed E-state index contributed by atoms with van der Waals surface area (Å²) in [6, 6.07) is 3.54. The SMILES string of the molecule is [2H]C(CC1(C(N)=O)CCC(=O)N1C(N)=O)c1ccc(Cl)cc1Cl. The van der Waals surface area contributed by atoms with E-state index >= 15 is 0 Å². The zero-order valence-corrected chi connectivity index (χ0v) is 13.0. The van der Waals surface area contributed by atoms with Crippen LogP contribution in [0.25, 0.3) is 0 Å². The van der Waals surface area contributed by atoms with E-state index in [0.29, 0.717) is 15.5 Å². The second kappa shape index (κ2) is 6.14. The van der Waals surface area contributed by atoms with Crippen molar-refractivity contribution in [1.82, 2.24) is 4.90 Å². The summed E-state index contributed by atoms with van der Waals surface area (Å²) < 4.78 is 8.28. The number of likely N-dealkylation sites (tertiary alicyclic amines) is 1. The summed E-state index contributed by atoms with van der Waals surface area (Å²) in [4.78, 5) is 36.1. The van der Waals surface area contributed by atoms with Gasteiger partial charge in [-0.2, -0.15) is 0 Å². The molecular formula is C14H15Cl2N3O3. The van der Waals surface area contributed by atoms with E-state index in [1.165, 1.54) is 6.07 Å². The van der Waals surface area contributed by atoms with Crippen LogP contribution in [0.5, 0.6) is 0 Å². The highest BCUT2D eigenvalue weighted by Crippen LogP contribution is 2.35. The predicted molar refractivity (Wildman–Crippen MR) is 82.4 cm³/mol. The summed E-state index contributed by atoms with van der Waals surface area (Å²) >= 11 is 11.9. The van der Waals surface area contributed by atoms with Gasteiger partial charge in [0.2, 0.25) is 11.8 Å². The van der Waals surface area contributed by atoms with Crippen molar-refractivity contribution in [3.05, 3.63) is 33.8 Å². The number of nitrogens with zero attached hydrogens (tertiary/aromatic N) is 1. The quantitative estimate of drug-likeness (QED) is 0.869. The fourth-order valence-electron chi connectivity index (χ4n) is 2.58. The van der Waals surface area contributed by atoms with Crippen molar-refractivity contribution in [2.24, 2.45) is 11.5 Å². The van der Waals surface area contributed by atoms with Crippen LogP contribution in [-0.4, -0.2) is 28.3 Å². The summed E-state index contributed by atoms with van der Waals surface area (Å²) in [5, 5.41) is 0.664. The van der Waals surface area contributed by atoms with Crippen molar-refractivity contribution in [2.45, 2.75) is 31.2 Å². The Bertz CT molecular complexity index is 685. The first-order chi connectivity index (χ1) is 10.7. The van der Waals surface area contributed by atoms with Crippen molar-refractivity contribution < 1.29 is 15.8 Å². The van der Waals surface area contributed by atoms with Gasteiger partial charge in [-0.15, -0.1) is 0 Å². The van der Waals surface area contributed by atoms with Gasteiger partial charge >= 0.3 is 6.03 Å². The van der Waals surface area contributed by atoms with Crippen LogP contribution in [0.3, 0.4) is 0 Å². The molecule has 1 aliphatic heterocycles. The first-order valence-electron chi connectivity index (χ1n) is 7.06. The highest BCUT2D eigenvalue weighted by atomic mass is 35.5.